The van der Waals surface area contributed by atoms with Crippen LogP contribution >= 0.6 is 35.7 Å². The molecule has 1 aromatic carbocycles. The summed E-state index contributed by atoms with van der Waals surface area (Å²) in [7, 11) is 1.73. The van der Waals surface area contributed by atoms with E-state index in [0.717, 1.165) is 23.8 Å². The maximum atomic E-state index is 11.9. The Morgan fingerprint density at radius 2 is 2.04 bits per heavy atom. The third-order valence-electron chi connectivity index (χ3n) is 3.76. The first kappa shape index (κ1) is 20.1. The maximum absolute atomic E-state index is 11.9. The summed E-state index contributed by atoms with van der Waals surface area (Å²) in [4.78, 5) is 16.1. The number of carbonyl (C=O) groups is 1. The van der Waals surface area contributed by atoms with E-state index in [4.69, 9.17) is 0 Å². The lowest BCUT2D eigenvalue weighted by atomic mass is 10.2. The van der Waals surface area contributed by atoms with E-state index in [1.807, 2.05) is 42.1 Å². The van der Waals surface area contributed by atoms with Crippen molar-refractivity contribution in [1.82, 2.24) is 10.6 Å². The lowest BCUT2D eigenvalue weighted by Crippen LogP contribution is -2.45. The summed E-state index contributed by atoms with van der Waals surface area (Å²) in [5.74, 6) is 0.609. The van der Waals surface area contributed by atoms with Crippen molar-refractivity contribution in [2.75, 3.05) is 25.2 Å². The Morgan fingerprint density at radius 1 is 1.30 bits per heavy atom. The molecule has 0 heterocycles. The van der Waals surface area contributed by atoms with Crippen LogP contribution in [0.4, 0.5) is 5.69 Å². The first-order chi connectivity index (χ1) is 10.7. The number of anilines is 1. The number of guanidine groups is 1. The molecule has 1 saturated carbocycles. The van der Waals surface area contributed by atoms with Gasteiger partial charge in [0.25, 0.3) is 0 Å². The number of nitrogens with one attached hydrogen (secondary N) is 3. The smallest absolute Gasteiger partial charge is 0.243 e. The number of para-hydroxylation sites is 1. The van der Waals surface area contributed by atoms with Crippen LogP contribution in [0.2, 0.25) is 0 Å². The lowest BCUT2D eigenvalue weighted by Gasteiger charge is -2.17. The molecule has 1 aromatic rings. The van der Waals surface area contributed by atoms with Crippen molar-refractivity contribution in [3.63, 3.8) is 0 Å². The third kappa shape index (κ3) is 6.99. The zero-order chi connectivity index (χ0) is 15.8. The van der Waals surface area contributed by atoms with Crippen LogP contribution in [0.5, 0.6) is 0 Å². The molecule has 3 N–H and O–H groups in total. The van der Waals surface area contributed by atoms with E-state index in [1.165, 1.54) is 6.42 Å². The molecular formula is C16H25IN4OS. The van der Waals surface area contributed by atoms with Crippen molar-refractivity contribution < 1.29 is 4.79 Å². The Balaban J connectivity index is 0.00000264. The molecule has 0 bridgehead atoms. The Morgan fingerprint density at radius 3 is 2.65 bits per heavy atom. The van der Waals surface area contributed by atoms with Gasteiger partial charge in [0, 0.05) is 24.0 Å². The van der Waals surface area contributed by atoms with Gasteiger partial charge in [-0.15, -0.1) is 24.0 Å². The Kier molecular flexibility index (Phi) is 9.39. The minimum Gasteiger partial charge on any atom is -0.354 e. The topological polar surface area (TPSA) is 65.5 Å². The number of amides is 1. The van der Waals surface area contributed by atoms with Crippen molar-refractivity contribution in [2.24, 2.45) is 4.99 Å². The zero-order valence-corrected chi connectivity index (χ0v) is 16.7. The highest BCUT2D eigenvalue weighted by atomic mass is 127. The van der Waals surface area contributed by atoms with Crippen LogP contribution in [0, 0.1) is 0 Å². The largest absolute Gasteiger partial charge is 0.354 e. The third-order valence-corrected chi connectivity index (χ3v) is 4.85. The maximum Gasteiger partial charge on any atom is 0.243 e. The fourth-order valence-electron chi connectivity index (χ4n) is 2.56. The quantitative estimate of drug-likeness (QED) is 0.368. The fraction of sp³-hybridized carbons (Fsp3) is 0.500. The molecule has 2 rings (SSSR count). The van der Waals surface area contributed by atoms with Gasteiger partial charge in [0.1, 0.15) is 0 Å². The highest BCUT2D eigenvalue weighted by Crippen LogP contribution is 2.27. The molecule has 7 heteroatoms. The summed E-state index contributed by atoms with van der Waals surface area (Å²) < 4.78 is 0. The number of aliphatic imine (C=N–C) groups is 1. The number of rotatable bonds is 5. The average molecular weight is 448 g/mol. The van der Waals surface area contributed by atoms with E-state index < -0.39 is 0 Å². The number of carbonyl (C=O) groups excluding carboxylic acids is 1. The van der Waals surface area contributed by atoms with Crippen LogP contribution in [0.1, 0.15) is 19.3 Å². The first-order valence-electron chi connectivity index (χ1n) is 7.56. The van der Waals surface area contributed by atoms with Crippen LogP contribution in [0.15, 0.2) is 35.3 Å². The summed E-state index contributed by atoms with van der Waals surface area (Å²) in [5.41, 5.74) is 0.802. The number of halogens is 1. The highest BCUT2D eigenvalue weighted by Gasteiger charge is 2.24. The van der Waals surface area contributed by atoms with Crippen molar-refractivity contribution in [2.45, 2.75) is 30.6 Å². The SMILES string of the molecule is CN=C(NCC(=O)Nc1ccccc1)NC1CCC(SC)C1.I. The van der Waals surface area contributed by atoms with Gasteiger partial charge in [0.05, 0.1) is 6.54 Å². The number of thioether (sulfide) groups is 1. The zero-order valence-electron chi connectivity index (χ0n) is 13.5. The van der Waals surface area contributed by atoms with Crippen LogP contribution in [-0.2, 0) is 4.79 Å². The van der Waals surface area contributed by atoms with Gasteiger partial charge < -0.3 is 16.0 Å². The monoisotopic (exact) mass is 448 g/mol. The summed E-state index contributed by atoms with van der Waals surface area (Å²) >= 11 is 1.93. The van der Waals surface area contributed by atoms with E-state index in [0.29, 0.717) is 12.0 Å². The lowest BCUT2D eigenvalue weighted by molar-refractivity contribution is -0.115. The Bertz CT molecular complexity index is 512. The predicted octanol–water partition coefficient (Wildman–Crippen LogP) is 2.69. The number of benzene rings is 1. The van der Waals surface area contributed by atoms with Gasteiger partial charge in [-0.25, -0.2) is 0 Å². The first-order valence-corrected chi connectivity index (χ1v) is 8.85. The Labute approximate surface area is 159 Å². The highest BCUT2D eigenvalue weighted by molar-refractivity contribution is 14.0. The molecule has 2 unspecified atom stereocenters. The fourth-order valence-corrected chi connectivity index (χ4v) is 3.36. The molecule has 1 aliphatic rings. The minimum absolute atomic E-state index is 0. The second-order valence-electron chi connectivity index (χ2n) is 5.35. The van der Waals surface area contributed by atoms with Crippen LogP contribution in [0.25, 0.3) is 0 Å². The van der Waals surface area contributed by atoms with Gasteiger partial charge in [-0.2, -0.15) is 11.8 Å². The second kappa shape index (κ2) is 10.7. The van der Waals surface area contributed by atoms with E-state index in [1.54, 1.807) is 7.05 Å². The van der Waals surface area contributed by atoms with Crippen LogP contribution < -0.4 is 16.0 Å². The van der Waals surface area contributed by atoms with E-state index >= 15 is 0 Å². The van der Waals surface area contributed by atoms with Gasteiger partial charge >= 0.3 is 0 Å². The standard InChI is InChI=1S/C16H24N4OS.HI/c1-17-16(20-13-8-9-14(10-13)22-2)18-11-15(21)19-12-6-4-3-5-7-12;/h3-7,13-14H,8-11H2,1-2H3,(H,19,21)(H2,17,18,20);1H. The summed E-state index contributed by atoms with van der Waals surface area (Å²) in [6, 6.07) is 9.89. The number of hydrogen-bond acceptors (Lipinski definition) is 3. The molecule has 0 saturated heterocycles. The summed E-state index contributed by atoms with van der Waals surface area (Å²) in [6.45, 7) is 0.202. The van der Waals surface area contributed by atoms with Gasteiger partial charge in [0.2, 0.25) is 5.91 Å². The molecular weight excluding hydrogens is 423 g/mol. The molecule has 5 nitrogen and oxygen atoms in total. The van der Waals surface area contributed by atoms with Crippen molar-refractivity contribution in [3.8, 4) is 0 Å². The van der Waals surface area contributed by atoms with E-state index in [-0.39, 0.29) is 36.4 Å². The van der Waals surface area contributed by atoms with Crippen molar-refractivity contribution in [3.05, 3.63) is 30.3 Å². The molecule has 128 valence electrons. The summed E-state index contributed by atoms with van der Waals surface area (Å²) in [6.07, 6.45) is 5.71. The molecule has 1 amide bonds. The van der Waals surface area contributed by atoms with Gasteiger partial charge in [-0.1, -0.05) is 18.2 Å². The number of hydrogen-bond donors (Lipinski definition) is 3. The number of nitrogens with zero attached hydrogens (tertiary/aromatic N) is 1. The molecule has 2 atom stereocenters. The van der Waals surface area contributed by atoms with Crippen LogP contribution in [-0.4, -0.2) is 43.0 Å². The molecule has 0 aromatic heterocycles. The predicted molar refractivity (Wildman–Crippen MR) is 110 cm³/mol. The van der Waals surface area contributed by atoms with Crippen molar-refractivity contribution >= 4 is 53.3 Å². The molecule has 0 radical (unpaired) electrons. The molecule has 0 spiro atoms. The molecule has 0 aliphatic heterocycles. The van der Waals surface area contributed by atoms with Crippen LogP contribution in [0.3, 0.4) is 0 Å². The molecule has 23 heavy (non-hydrogen) atoms. The van der Waals surface area contributed by atoms with E-state index in [9.17, 15) is 4.79 Å². The Hall–Kier alpha value is -0.960. The second-order valence-corrected chi connectivity index (χ2v) is 6.49. The normalized spacial score (nSPS) is 20.5. The molecule has 1 fully saturated rings. The summed E-state index contributed by atoms with van der Waals surface area (Å²) in [5, 5.41) is 10.0. The van der Waals surface area contributed by atoms with Crippen molar-refractivity contribution in [1.29, 1.82) is 0 Å². The van der Waals surface area contributed by atoms with Gasteiger partial charge in [-0.05, 0) is 37.7 Å². The van der Waals surface area contributed by atoms with E-state index in [2.05, 4.69) is 27.2 Å². The average Bonchev–Trinajstić information content (AvgIpc) is 3.00. The van der Waals surface area contributed by atoms with Gasteiger partial charge in [-0.3, -0.25) is 9.79 Å². The minimum atomic E-state index is -0.0810. The molecule has 1 aliphatic carbocycles. The van der Waals surface area contributed by atoms with Gasteiger partial charge in [0.15, 0.2) is 5.96 Å².